The lowest BCUT2D eigenvalue weighted by molar-refractivity contribution is 0.102. The number of anilines is 2. The molecule has 1 heterocycles. The fourth-order valence-electron chi connectivity index (χ4n) is 1.65. The van der Waals surface area contributed by atoms with Gasteiger partial charge in [-0.15, -0.1) is 0 Å². The number of nitrogens with zero attached hydrogens (tertiary/aromatic N) is 2. The van der Waals surface area contributed by atoms with Gasteiger partial charge in [-0.25, -0.2) is 9.97 Å². The summed E-state index contributed by atoms with van der Waals surface area (Å²) in [5.41, 5.74) is 6.87. The first-order valence-electron chi connectivity index (χ1n) is 6.28. The molecule has 0 unspecified atom stereocenters. The molecule has 0 aliphatic rings. The van der Waals surface area contributed by atoms with Gasteiger partial charge in [0.2, 0.25) is 0 Å². The standard InChI is InChI=1S/C14H14Br2N4O/c1-7(2)13-18-6-10(17)12(19-13)14(21)20-11-8(15)4-3-5-9(11)16/h3-7H,17H2,1-2H3,(H,20,21). The average molecular weight is 414 g/mol. The van der Waals surface area contributed by atoms with Crippen molar-refractivity contribution < 1.29 is 4.79 Å². The molecular weight excluding hydrogens is 400 g/mol. The first kappa shape index (κ1) is 15.9. The van der Waals surface area contributed by atoms with Crippen LogP contribution in [0.3, 0.4) is 0 Å². The number of amides is 1. The van der Waals surface area contributed by atoms with Gasteiger partial charge in [-0.1, -0.05) is 19.9 Å². The fourth-order valence-corrected chi connectivity index (χ4v) is 2.85. The van der Waals surface area contributed by atoms with E-state index in [1.54, 1.807) is 0 Å². The smallest absolute Gasteiger partial charge is 0.276 e. The minimum atomic E-state index is -0.371. The van der Waals surface area contributed by atoms with E-state index in [-0.39, 0.29) is 23.2 Å². The molecule has 0 spiro atoms. The zero-order valence-corrected chi connectivity index (χ0v) is 14.7. The number of aromatic nitrogens is 2. The number of nitrogen functional groups attached to an aromatic ring is 1. The van der Waals surface area contributed by atoms with E-state index in [2.05, 4.69) is 47.1 Å². The molecule has 0 fully saturated rings. The Morgan fingerprint density at radius 2 is 1.90 bits per heavy atom. The van der Waals surface area contributed by atoms with E-state index in [1.165, 1.54) is 6.20 Å². The SMILES string of the molecule is CC(C)c1ncc(N)c(C(=O)Nc2c(Br)cccc2Br)n1. The molecule has 110 valence electrons. The third-order valence-electron chi connectivity index (χ3n) is 2.77. The molecule has 2 rings (SSSR count). The van der Waals surface area contributed by atoms with E-state index >= 15 is 0 Å². The Kier molecular flexibility index (Phi) is 4.95. The topological polar surface area (TPSA) is 80.9 Å². The van der Waals surface area contributed by atoms with Crippen molar-refractivity contribution in [3.05, 3.63) is 44.9 Å². The van der Waals surface area contributed by atoms with Gasteiger partial charge < -0.3 is 11.1 Å². The predicted octanol–water partition coefficient (Wildman–Crippen LogP) is 3.96. The molecule has 3 N–H and O–H groups in total. The molecule has 0 atom stereocenters. The Balaban J connectivity index is 2.35. The Labute approximate surface area is 139 Å². The highest BCUT2D eigenvalue weighted by Crippen LogP contribution is 2.31. The number of hydrogen-bond donors (Lipinski definition) is 2. The molecule has 1 amide bonds. The largest absolute Gasteiger partial charge is 0.396 e. The normalized spacial score (nSPS) is 10.7. The maximum Gasteiger partial charge on any atom is 0.276 e. The van der Waals surface area contributed by atoms with E-state index in [0.717, 1.165) is 8.95 Å². The van der Waals surface area contributed by atoms with E-state index in [4.69, 9.17) is 5.73 Å². The van der Waals surface area contributed by atoms with Gasteiger partial charge in [-0.05, 0) is 44.0 Å². The van der Waals surface area contributed by atoms with Gasteiger partial charge in [-0.2, -0.15) is 0 Å². The van der Waals surface area contributed by atoms with Crippen LogP contribution in [-0.2, 0) is 0 Å². The van der Waals surface area contributed by atoms with E-state index in [0.29, 0.717) is 11.5 Å². The summed E-state index contributed by atoms with van der Waals surface area (Å²) >= 11 is 6.79. The first-order valence-corrected chi connectivity index (χ1v) is 7.86. The molecule has 21 heavy (non-hydrogen) atoms. The van der Waals surface area contributed by atoms with Crippen molar-refractivity contribution in [2.24, 2.45) is 0 Å². The highest BCUT2D eigenvalue weighted by molar-refractivity contribution is 9.11. The molecule has 0 saturated carbocycles. The summed E-state index contributed by atoms with van der Waals surface area (Å²) in [5, 5.41) is 2.80. The molecule has 0 aliphatic heterocycles. The van der Waals surface area contributed by atoms with E-state index < -0.39 is 0 Å². The van der Waals surface area contributed by atoms with Crippen molar-refractivity contribution in [1.82, 2.24) is 9.97 Å². The van der Waals surface area contributed by atoms with E-state index in [9.17, 15) is 4.79 Å². The maximum atomic E-state index is 12.4. The molecule has 0 saturated heterocycles. The minimum absolute atomic E-state index is 0.118. The van der Waals surface area contributed by atoms with Gasteiger partial charge in [0, 0.05) is 14.9 Å². The molecule has 5 nitrogen and oxygen atoms in total. The second-order valence-electron chi connectivity index (χ2n) is 4.74. The van der Waals surface area contributed by atoms with Crippen LogP contribution in [0.5, 0.6) is 0 Å². The van der Waals surface area contributed by atoms with Crippen LogP contribution in [0.2, 0.25) is 0 Å². The van der Waals surface area contributed by atoms with Crippen LogP contribution >= 0.6 is 31.9 Å². The molecule has 1 aromatic carbocycles. The summed E-state index contributed by atoms with van der Waals surface area (Å²) in [6.07, 6.45) is 1.46. The third-order valence-corrected chi connectivity index (χ3v) is 4.09. The Morgan fingerprint density at radius 3 is 2.48 bits per heavy atom. The van der Waals surface area contributed by atoms with Crippen LogP contribution in [0.25, 0.3) is 0 Å². The summed E-state index contributed by atoms with van der Waals surface area (Å²) in [5.74, 6) is 0.331. The van der Waals surface area contributed by atoms with Crippen molar-refractivity contribution in [2.75, 3.05) is 11.1 Å². The maximum absolute atomic E-state index is 12.4. The summed E-state index contributed by atoms with van der Waals surface area (Å²) in [4.78, 5) is 20.8. The molecule has 0 aliphatic carbocycles. The number of benzene rings is 1. The Bertz CT molecular complexity index is 668. The van der Waals surface area contributed by atoms with Gasteiger partial charge in [-0.3, -0.25) is 4.79 Å². The Hall–Kier alpha value is -1.47. The third kappa shape index (κ3) is 3.59. The first-order chi connectivity index (χ1) is 9.90. The minimum Gasteiger partial charge on any atom is -0.396 e. The molecule has 1 aromatic heterocycles. The van der Waals surface area contributed by atoms with Crippen molar-refractivity contribution in [2.45, 2.75) is 19.8 Å². The zero-order valence-electron chi connectivity index (χ0n) is 11.5. The van der Waals surface area contributed by atoms with Crippen LogP contribution in [-0.4, -0.2) is 15.9 Å². The second-order valence-corrected chi connectivity index (χ2v) is 6.45. The summed E-state index contributed by atoms with van der Waals surface area (Å²) in [6.45, 7) is 3.91. The fraction of sp³-hybridized carbons (Fsp3) is 0.214. The second kappa shape index (κ2) is 6.53. The number of rotatable bonds is 3. The number of hydrogen-bond acceptors (Lipinski definition) is 4. The van der Waals surface area contributed by atoms with Crippen LogP contribution in [0.4, 0.5) is 11.4 Å². The molecule has 0 radical (unpaired) electrons. The highest BCUT2D eigenvalue weighted by Gasteiger charge is 2.17. The van der Waals surface area contributed by atoms with Crippen molar-refractivity contribution in [1.29, 1.82) is 0 Å². The highest BCUT2D eigenvalue weighted by atomic mass is 79.9. The number of nitrogens with two attached hydrogens (primary N) is 1. The monoisotopic (exact) mass is 412 g/mol. The lowest BCUT2D eigenvalue weighted by Crippen LogP contribution is -2.18. The summed E-state index contributed by atoms with van der Waals surface area (Å²) in [6, 6.07) is 5.53. The van der Waals surface area contributed by atoms with Crippen molar-refractivity contribution in [3.63, 3.8) is 0 Å². The van der Waals surface area contributed by atoms with Gasteiger partial charge in [0.15, 0.2) is 5.69 Å². The van der Waals surface area contributed by atoms with Gasteiger partial charge >= 0.3 is 0 Å². The molecule has 2 aromatic rings. The molecular formula is C14H14Br2N4O. The van der Waals surface area contributed by atoms with Gasteiger partial charge in [0.05, 0.1) is 17.6 Å². The number of carbonyl (C=O) groups is 1. The van der Waals surface area contributed by atoms with Crippen LogP contribution in [0, 0.1) is 0 Å². The predicted molar refractivity (Wildman–Crippen MR) is 90.3 cm³/mol. The lowest BCUT2D eigenvalue weighted by atomic mass is 10.2. The van der Waals surface area contributed by atoms with Crippen molar-refractivity contribution >= 4 is 49.1 Å². The van der Waals surface area contributed by atoms with Gasteiger partial charge in [0.25, 0.3) is 5.91 Å². The van der Waals surface area contributed by atoms with Crippen LogP contribution < -0.4 is 11.1 Å². The van der Waals surface area contributed by atoms with Gasteiger partial charge in [0.1, 0.15) is 5.82 Å². The number of carbonyl (C=O) groups excluding carboxylic acids is 1. The zero-order chi connectivity index (χ0) is 15.6. The lowest BCUT2D eigenvalue weighted by Gasteiger charge is -2.11. The summed E-state index contributed by atoms with van der Waals surface area (Å²) < 4.78 is 1.53. The number of nitrogens with one attached hydrogen (secondary N) is 1. The molecule has 7 heteroatoms. The average Bonchev–Trinajstić information content (AvgIpc) is 2.43. The number of halogens is 2. The van der Waals surface area contributed by atoms with Crippen LogP contribution in [0.15, 0.2) is 33.3 Å². The quantitative estimate of drug-likeness (QED) is 0.797. The van der Waals surface area contributed by atoms with Crippen molar-refractivity contribution in [3.8, 4) is 0 Å². The van der Waals surface area contributed by atoms with Crippen LogP contribution in [0.1, 0.15) is 36.1 Å². The Morgan fingerprint density at radius 1 is 1.29 bits per heavy atom. The number of para-hydroxylation sites is 1. The van der Waals surface area contributed by atoms with E-state index in [1.807, 2.05) is 32.0 Å². The summed E-state index contributed by atoms with van der Waals surface area (Å²) in [7, 11) is 0. The molecule has 0 bridgehead atoms.